The third kappa shape index (κ3) is 6.05. The Kier molecular flexibility index (Phi) is 7.21. The number of carbonyl (C=O) groups is 1. The minimum absolute atomic E-state index is 0.346. The average Bonchev–Trinajstić information content (AvgIpc) is 3.56. The van der Waals surface area contributed by atoms with Gasteiger partial charge in [0.1, 0.15) is 0 Å². The van der Waals surface area contributed by atoms with Gasteiger partial charge in [-0.1, -0.05) is 61.0 Å². The summed E-state index contributed by atoms with van der Waals surface area (Å²) in [5.41, 5.74) is 4.38. The smallest absolute Gasteiger partial charge is 0.335 e. The van der Waals surface area contributed by atoms with Gasteiger partial charge in [-0.15, -0.1) is 0 Å². The highest BCUT2D eigenvalue weighted by molar-refractivity contribution is 5.87. The monoisotopic (exact) mass is 418 g/mol. The third-order valence-corrected chi connectivity index (χ3v) is 6.80. The predicted octanol–water partition coefficient (Wildman–Crippen LogP) is 5.26. The van der Waals surface area contributed by atoms with E-state index in [1.54, 1.807) is 17.7 Å². The van der Waals surface area contributed by atoms with Crippen LogP contribution in [-0.4, -0.2) is 29.2 Å². The Hall–Kier alpha value is -2.43. The molecule has 2 atom stereocenters. The summed E-state index contributed by atoms with van der Waals surface area (Å²) in [7, 11) is 0. The van der Waals surface area contributed by atoms with Crippen molar-refractivity contribution >= 4 is 12.0 Å². The van der Waals surface area contributed by atoms with E-state index in [4.69, 9.17) is 5.11 Å². The number of nitrogens with one attached hydrogen (secondary N) is 2. The zero-order chi connectivity index (χ0) is 21.6. The second kappa shape index (κ2) is 10.3. The van der Waals surface area contributed by atoms with Crippen molar-refractivity contribution in [1.29, 1.82) is 0 Å². The van der Waals surface area contributed by atoms with Gasteiger partial charge in [-0.25, -0.2) is 4.79 Å². The van der Waals surface area contributed by atoms with E-state index in [-0.39, 0.29) is 0 Å². The van der Waals surface area contributed by atoms with Crippen LogP contribution in [0.2, 0.25) is 0 Å². The van der Waals surface area contributed by atoms with Gasteiger partial charge in [0.25, 0.3) is 0 Å². The molecule has 2 saturated carbocycles. The summed E-state index contributed by atoms with van der Waals surface area (Å²) >= 11 is 0. The Labute approximate surface area is 185 Å². The van der Waals surface area contributed by atoms with Gasteiger partial charge in [0.15, 0.2) is 0 Å². The lowest BCUT2D eigenvalue weighted by atomic mass is 9.91. The third-order valence-electron chi connectivity index (χ3n) is 6.80. The first-order valence-electron chi connectivity index (χ1n) is 11.7. The van der Waals surface area contributed by atoms with Crippen LogP contribution in [0.1, 0.15) is 66.9 Å². The van der Waals surface area contributed by atoms with Crippen LogP contribution in [0.15, 0.2) is 60.2 Å². The molecule has 0 aromatic heterocycles. The highest BCUT2D eigenvalue weighted by Gasteiger charge is 2.40. The molecular weight excluding hydrogens is 384 g/mol. The summed E-state index contributed by atoms with van der Waals surface area (Å²) in [6, 6.07) is 19.7. The fourth-order valence-electron chi connectivity index (χ4n) is 4.82. The molecule has 0 amide bonds. The second-order valence-corrected chi connectivity index (χ2v) is 9.03. The number of carboxylic acid groups (broad SMARTS) is 1. The summed E-state index contributed by atoms with van der Waals surface area (Å²) in [5.74, 6) is -0.167. The molecule has 164 valence electrons. The Balaban J connectivity index is 1.18. The molecule has 0 unspecified atom stereocenters. The van der Waals surface area contributed by atoms with Gasteiger partial charge in [0.05, 0.1) is 5.56 Å². The van der Waals surface area contributed by atoms with Crippen molar-refractivity contribution in [3.8, 4) is 0 Å². The van der Waals surface area contributed by atoms with E-state index in [0.29, 0.717) is 29.6 Å². The van der Waals surface area contributed by atoms with Crippen molar-refractivity contribution in [2.24, 2.45) is 5.92 Å². The van der Waals surface area contributed by atoms with Crippen LogP contribution in [0.4, 0.5) is 0 Å². The predicted molar refractivity (Wildman–Crippen MR) is 126 cm³/mol. The first kappa shape index (κ1) is 21.8. The zero-order valence-electron chi connectivity index (χ0n) is 18.4. The summed E-state index contributed by atoms with van der Waals surface area (Å²) < 4.78 is 0. The van der Waals surface area contributed by atoms with E-state index >= 15 is 0 Å². The summed E-state index contributed by atoms with van der Waals surface area (Å²) in [6.45, 7) is 3.08. The number of rotatable bonds is 9. The Morgan fingerprint density at radius 1 is 1.00 bits per heavy atom. The van der Waals surface area contributed by atoms with Crippen molar-refractivity contribution in [3.63, 3.8) is 0 Å². The van der Waals surface area contributed by atoms with Crippen LogP contribution in [0.5, 0.6) is 0 Å². The van der Waals surface area contributed by atoms with E-state index in [1.807, 2.05) is 12.1 Å². The van der Waals surface area contributed by atoms with Crippen LogP contribution in [0.3, 0.4) is 0 Å². The van der Waals surface area contributed by atoms with Gasteiger partial charge < -0.3 is 15.7 Å². The fourth-order valence-corrected chi connectivity index (χ4v) is 4.82. The Morgan fingerprint density at radius 3 is 2.32 bits per heavy atom. The summed E-state index contributed by atoms with van der Waals surface area (Å²) in [6.07, 6.45) is 9.63. The standard InChI is InChI=1S/C27H34N2O2/c1-2-21(16-19-6-4-3-5-7-19)25-17-26(25)29-24-14-12-23(13-15-24)28-18-20-8-10-22(11-9-20)27(30)31/h3-11,16,23-26,28-29H,2,12-15,17-18H2,1H3,(H,30,31)/b21-16+/t23-,24+,25-,26+/m0/s1. The van der Waals surface area contributed by atoms with Crippen molar-refractivity contribution in [3.05, 3.63) is 76.9 Å². The lowest BCUT2D eigenvalue weighted by Gasteiger charge is -2.30. The molecule has 0 spiro atoms. The normalized spacial score (nSPS) is 25.9. The fraction of sp³-hybridized carbons (Fsp3) is 0.444. The number of aromatic carboxylic acids is 1. The molecule has 0 saturated heterocycles. The maximum absolute atomic E-state index is 11.0. The number of hydrogen-bond donors (Lipinski definition) is 3. The maximum Gasteiger partial charge on any atom is 0.335 e. The van der Waals surface area contributed by atoms with Gasteiger partial charge in [-0.05, 0) is 67.7 Å². The molecule has 4 heteroatoms. The van der Waals surface area contributed by atoms with Crippen LogP contribution < -0.4 is 10.6 Å². The quantitative estimate of drug-likeness (QED) is 0.520. The van der Waals surface area contributed by atoms with Gasteiger partial charge in [-0.3, -0.25) is 0 Å². The second-order valence-electron chi connectivity index (χ2n) is 9.03. The van der Waals surface area contributed by atoms with Crippen LogP contribution >= 0.6 is 0 Å². The largest absolute Gasteiger partial charge is 0.478 e. The number of hydrogen-bond acceptors (Lipinski definition) is 3. The minimum atomic E-state index is -0.871. The van der Waals surface area contributed by atoms with Gasteiger partial charge >= 0.3 is 5.97 Å². The van der Waals surface area contributed by atoms with E-state index in [0.717, 1.165) is 18.5 Å². The van der Waals surface area contributed by atoms with E-state index < -0.39 is 5.97 Å². The molecule has 2 aliphatic rings. The molecule has 0 heterocycles. The zero-order valence-corrected chi connectivity index (χ0v) is 18.4. The SMILES string of the molecule is CC/C(=C\c1ccccc1)[C@@H]1C[C@H]1N[C@H]1CC[C@@H](NCc2ccc(C(=O)O)cc2)CC1. The molecule has 0 radical (unpaired) electrons. The molecule has 2 aliphatic carbocycles. The van der Waals surface area contributed by atoms with E-state index in [1.165, 1.54) is 37.7 Å². The van der Waals surface area contributed by atoms with Crippen molar-refractivity contribution in [2.75, 3.05) is 0 Å². The van der Waals surface area contributed by atoms with Gasteiger partial charge in [0.2, 0.25) is 0 Å². The lowest BCUT2D eigenvalue weighted by molar-refractivity contribution is 0.0697. The number of carboxylic acids is 1. The molecule has 0 bridgehead atoms. The van der Waals surface area contributed by atoms with Crippen LogP contribution in [0.25, 0.3) is 6.08 Å². The Bertz CT molecular complexity index is 883. The first-order valence-corrected chi connectivity index (χ1v) is 11.7. The van der Waals surface area contributed by atoms with Crippen molar-refractivity contribution in [2.45, 2.75) is 70.1 Å². The van der Waals surface area contributed by atoms with Gasteiger partial charge in [0, 0.05) is 24.7 Å². The highest BCUT2D eigenvalue weighted by Crippen LogP contribution is 2.40. The van der Waals surface area contributed by atoms with E-state index in [2.05, 4.69) is 54.0 Å². The molecule has 4 nitrogen and oxygen atoms in total. The molecule has 2 aromatic rings. The molecule has 2 fully saturated rings. The molecule has 31 heavy (non-hydrogen) atoms. The highest BCUT2D eigenvalue weighted by atomic mass is 16.4. The first-order chi connectivity index (χ1) is 15.1. The van der Waals surface area contributed by atoms with Gasteiger partial charge in [-0.2, -0.15) is 0 Å². The molecule has 3 N–H and O–H groups in total. The summed E-state index contributed by atoms with van der Waals surface area (Å²) in [4.78, 5) is 11.0. The number of benzene rings is 2. The molecule has 2 aromatic carbocycles. The van der Waals surface area contributed by atoms with Crippen molar-refractivity contribution in [1.82, 2.24) is 10.6 Å². The molecular formula is C27H34N2O2. The molecule has 0 aliphatic heterocycles. The average molecular weight is 419 g/mol. The van der Waals surface area contributed by atoms with Crippen molar-refractivity contribution < 1.29 is 9.90 Å². The Morgan fingerprint density at radius 2 is 1.68 bits per heavy atom. The van der Waals surface area contributed by atoms with Crippen LogP contribution in [0, 0.1) is 5.92 Å². The van der Waals surface area contributed by atoms with E-state index in [9.17, 15) is 4.79 Å². The summed E-state index contributed by atoms with van der Waals surface area (Å²) in [5, 5.41) is 16.6. The topological polar surface area (TPSA) is 61.4 Å². The maximum atomic E-state index is 11.0. The minimum Gasteiger partial charge on any atom is -0.478 e. The lowest BCUT2D eigenvalue weighted by Crippen LogP contribution is -2.40. The van der Waals surface area contributed by atoms with Crippen LogP contribution in [-0.2, 0) is 6.54 Å². The molecule has 4 rings (SSSR count).